The van der Waals surface area contributed by atoms with Crippen molar-refractivity contribution in [2.45, 2.75) is 51.9 Å². The lowest BCUT2D eigenvalue weighted by Gasteiger charge is -2.26. The number of methoxy groups -OCH3 is 1. The molecule has 4 bridgehead atoms. The quantitative estimate of drug-likeness (QED) is 0.487. The maximum absolute atomic E-state index is 5.90. The Morgan fingerprint density at radius 3 is 2.08 bits per heavy atom. The number of rotatable bonds is 1. The number of hydrogen-bond acceptors (Lipinski definition) is 1. The van der Waals surface area contributed by atoms with E-state index in [-0.39, 0.29) is 5.41 Å². The summed E-state index contributed by atoms with van der Waals surface area (Å²) in [4.78, 5) is 0. The number of aryl methyl sites for hydroxylation is 2. The van der Waals surface area contributed by atoms with Crippen molar-refractivity contribution in [1.82, 2.24) is 0 Å². The normalized spacial score (nSPS) is 14.4. The van der Waals surface area contributed by atoms with E-state index in [9.17, 15) is 0 Å². The molecule has 0 heterocycles. The van der Waals surface area contributed by atoms with E-state index in [0.29, 0.717) is 0 Å². The first-order chi connectivity index (χ1) is 11.3. The molecule has 2 aromatic carbocycles. The van der Waals surface area contributed by atoms with E-state index in [1.165, 1.54) is 36.8 Å². The summed E-state index contributed by atoms with van der Waals surface area (Å²) in [6.45, 7) is 6.85. The average Bonchev–Trinajstić information content (AvgIpc) is 2.52. The third-order valence-corrected chi connectivity index (χ3v) is 6.28. The van der Waals surface area contributed by atoms with Gasteiger partial charge in [-0.05, 0) is 71.0 Å². The smallest absolute Gasteiger partial charge is 0.125 e. The molecular formula is C21H24Br2O. The van der Waals surface area contributed by atoms with Gasteiger partial charge in [-0.2, -0.15) is 0 Å². The first-order valence-electron chi connectivity index (χ1n) is 8.47. The van der Waals surface area contributed by atoms with Crippen LogP contribution in [0, 0.1) is 0 Å². The summed E-state index contributed by atoms with van der Waals surface area (Å²) in [5, 5.41) is 0. The van der Waals surface area contributed by atoms with E-state index in [2.05, 4.69) is 76.9 Å². The topological polar surface area (TPSA) is 9.23 Å². The van der Waals surface area contributed by atoms with Crippen LogP contribution in [0.1, 0.15) is 48.6 Å². The predicted molar refractivity (Wildman–Crippen MR) is 108 cm³/mol. The van der Waals surface area contributed by atoms with Crippen molar-refractivity contribution in [1.29, 1.82) is 0 Å². The molecule has 2 aliphatic carbocycles. The van der Waals surface area contributed by atoms with Crippen molar-refractivity contribution in [3.8, 4) is 5.75 Å². The van der Waals surface area contributed by atoms with Crippen LogP contribution in [-0.4, -0.2) is 7.11 Å². The lowest BCUT2D eigenvalue weighted by atomic mass is 9.81. The average molecular weight is 452 g/mol. The summed E-state index contributed by atoms with van der Waals surface area (Å²) >= 11 is 7.52. The van der Waals surface area contributed by atoms with Crippen molar-refractivity contribution in [3.63, 3.8) is 0 Å². The zero-order valence-electron chi connectivity index (χ0n) is 14.8. The van der Waals surface area contributed by atoms with E-state index in [4.69, 9.17) is 4.74 Å². The SMILES string of the molecule is COc1c2ccc(C(C)(C)C)c1CCc1cc(Br)c(c(Br)c1)CC2. The van der Waals surface area contributed by atoms with Gasteiger partial charge < -0.3 is 4.74 Å². The highest BCUT2D eigenvalue weighted by molar-refractivity contribution is 9.11. The second kappa shape index (κ2) is 6.84. The molecule has 2 aromatic rings. The van der Waals surface area contributed by atoms with Crippen molar-refractivity contribution >= 4 is 31.9 Å². The summed E-state index contributed by atoms with van der Waals surface area (Å²) in [6, 6.07) is 9.12. The van der Waals surface area contributed by atoms with Crippen molar-refractivity contribution in [3.05, 3.63) is 61.0 Å². The highest BCUT2D eigenvalue weighted by Gasteiger charge is 2.23. The molecule has 0 radical (unpaired) electrons. The summed E-state index contributed by atoms with van der Waals surface area (Å²) in [6.07, 6.45) is 3.99. The molecule has 0 amide bonds. The Kier molecular flexibility index (Phi) is 5.13. The van der Waals surface area contributed by atoms with Crippen LogP contribution in [0.2, 0.25) is 0 Å². The molecule has 128 valence electrons. The van der Waals surface area contributed by atoms with E-state index < -0.39 is 0 Å². The first-order valence-corrected chi connectivity index (χ1v) is 10.1. The van der Waals surface area contributed by atoms with Crippen LogP contribution in [0.3, 0.4) is 0 Å². The van der Waals surface area contributed by atoms with Crippen LogP contribution in [0.4, 0.5) is 0 Å². The van der Waals surface area contributed by atoms with Crippen molar-refractivity contribution in [2.75, 3.05) is 7.11 Å². The fraction of sp³-hybridized carbons (Fsp3) is 0.429. The number of hydrogen-bond donors (Lipinski definition) is 0. The summed E-state index contributed by atoms with van der Waals surface area (Å²) < 4.78 is 8.31. The van der Waals surface area contributed by atoms with Crippen LogP contribution in [0.5, 0.6) is 5.75 Å². The van der Waals surface area contributed by atoms with Gasteiger partial charge in [-0.3, -0.25) is 0 Å². The van der Waals surface area contributed by atoms with Crippen molar-refractivity contribution < 1.29 is 4.74 Å². The maximum atomic E-state index is 5.90. The minimum Gasteiger partial charge on any atom is -0.496 e. The van der Waals surface area contributed by atoms with Crippen LogP contribution >= 0.6 is 31.9 Å². The van der Waals surface area contributed by atoms with E-state index in [0.717, 1.165) is 31.4 Å². The number of halogens is 2. The van der Waals surface area contributed by atoms with Gasteiger partial charge >= 0.3 is 0 Å². The van der Waals surface area contributed by atoms with Crippen LogP contribution in [-0.2, 0) is 31.1 Å². The highest BCUT2D eigenvalue weighted by Crippen LogP contribution is 2.38. The number of ether oxygens (including phenoxy) is 1. The molecule has 0 aromatic heterocycles. The van der Waals surface area contributed by atoms with Gasteiger partial charge in [0.05, 0.1) is 7.11 Å². The van der Waals surface area contributed by atoms with Gasteiger partial charge in [-0.15, -0.1) is 0 Å². The third-order valence-electron chi connectivity index (χ3n) is 4.86. The van der Waals surface area contributed by atoms with E-state index in [1.54, 1.807) is 0 Å². The van der Waals surface area contributed by atoms with Crippen molar-refractivity contribution in [2.24, 2.45) is 0 Å². The van der Waals surface area contributed by atoms with Gasteiger partial charge in [0, 0.05) is 8.95 Å². The summed E-state index contributed by atoms with van der Waals surface area (Å²) in [7, 11) is 1.81. The minimum atomic E-state index is 0.117. The Morgan fingerprint density at radius 2 is 1.50 bits per heavy atom. The lowest BCUT2D eigenvalue weighted by molar-refractivity contribution is 0.401. The minimum absolute atomic E-state index is 0.117. The Bertz CT molecular complexity index is 749. The molecule has 0 N–H and O–H groups in total. The van der Waals surface area contributed by atoms with Gasteiger partial charge in [0.15, 0.2) is 0 Å². The predicted octanol–water partition coefficient (Wildman–Crippen LogP) is 6.40. The van der Waals surface area contributed by atoms with Gasteiger partial charge in [-0.25, -0.2) is 0 Å². The molecule has 2 aliphatic rings. The van der Waals surface area contributed by atoms with Crippen LogP contribution < -0.4 is 4.74 Å². The lowest BCUT2D eigenvalue weighted by Crippen LogP contribution is -2.16. The zero-order chi connectivity index (χ0) is 17.5. The number of fused-ring (bicyclic) bond motifs is 4. The molecule has 0 spiro atoms. The Morgan fingerprint density at radius 1 is 0.875 bits per heavy atom. The molecule has 4 rings (SSSR count). The molecule has 0 saturated heterocycles. The largest absolute Gasteiger partial charge is 0.496 e. The second-order valence-corrected chi connectivity index (χ2v) is 9.28. The fourth-order valence-electron chi connectivity index (χ4n) is 3.65. The summed E-state index contributed by atoms with van der Waals surface area (Å²) in [5.74, 6) is 1.09. The number of benzene rings is 2. The molecule has 24 heavy (non-hydrogen) atoms. The molecule has 1 nitrogen and oxygen atoms in total. The van der Waals surface area contributed by atoms with Gasteiger partial charge in [-0.1, -0.05) is 64.8 Å². The molecule has 0 aliphatic heterocycles. The molecule has 0 unspecified atom stereocenters. The molecule has 0 fully saturated rings. The Hall–Kier alpha value is -0.800. The monoisotopic (exact) mass is 450 g/mol. The highest BCUT2D eigenvalue weighted by atomic mass is 79.9. The third kappa shape index (κ3) is 3.43. The van der Waals surface area contributed by atoms with E-state index >= 15 is 0 Å². The van der Waals surface area contributed by atoms with Crippen LogP contribution in [0.25, 0.3) is 0 Å². The Labute approximate surface area is 162 Å². The zero-order valence-corrected chi connectivity index (χ0v) is 18.0. The molecule has 0 saturated carbocycles. The molecule has 0 atom stereocenters. The maximum Gasteiger partial charge on any atom is 0.125 e. The molecular weight excluding hydrogens is 428 g/mol. The standard InChI is InChI=1S/C21H24Br2O/c1-21(2,3)17-10-7-14-6-9-16-18(22)11-13(12-19(16)23)5-8-15(17)20(14)24-4/h7,10-12H,5-6,8-9H2,1-4H3. The van der Waals surface area contributed by atoms with Gasteiger partial charge in [0.25, 0.3) is 0 Å². The first kappa shape index (κ1) is 18.0. The Balaban J connectivity index is 2.17. The van der Waals surface area contributed by atoms with Gasteiger partial charge in [0.2, 0.25) is 0 Å². The summed E-state index contributed by atoms with van der Waals surface area (Å²) in [5.41, 5.74) is 6.89. The molecule has 3 heteroatoms. The van der Waals surface area contributed by atoms with E-state index in [1.807, 2.05) is 7.11 Å². The second-order valence-electron chi connectivity index (χ2n) is 7.57. The van der Waals surface area contributed by atoms with Crippen LogP contribution in [0.15, 0.2) is 33.2 Å². The fourth-order valence-corrected chi connectivity index (χ4v) is 5.32. The van der Waals surface area contributed by atoms with Gasteiger partial charge in [0.1, 0.15) is 5.75 Å².